The molecule has 2 aromatic heterocycles. The summed E-state index contributed by atoms with van der Waals surface area (Å²) in [4.78, 5) is 32.2. The third-order valence-electron chi connectivity index (χ3n) is 4.45. The fraction of sp³-hybridized carbons (Fsp3) is 0.588. The van der Waals surface area contributed by atoms with Crippen LogP contribution in [-0.4, -0.2) is 44.6 Å². The summed E-state index contributed by atoms with van der Waals surface area (Å²) >= 11 is 0. The highest BCUT2D eigenvalue weighted by Crippen LogP contribution is 2.22. The van der Waals surface area contributed by atoms with Gasteiger partial charge in [-0.25, -0.2) is 14.3 Å². The van der Waals surface area contributed by atoms with Crippen LogP contribution in [0.4, 0.5) is 0 Å². The van der Waals surface area contributed by atoms with E-state index in [9.17, 15) is 9.59 Å². The van der Waals surface area contributed by atoms with E-state index in [-0.39, 0.29) is 18.3 Å². The van der Waals surface area contributed by atoms with Gasteiger partial charge in [0.1, 0.15) is 0 Å². The van der Waals surface area contributed by atoms with Crippen LogP contribution in [0.1, 0.15) is 54.1 Å². The number of rotatable bonds is 5. The van der Waals surface area contributed by atoms with Crippen molar-refractivity contribution in [3.05, 3.63) is 23.3 Å². The summed E-state index contributed by atoms with van der Waals surface area (Å²) < 4.78 is 6.49. The fourth-order valence-electron chi connectivity index (χ4n) is 3.15. The molecule has 2 heterocycles. The maximum absolute atomic E-state index is 12.1. The average Bonchev–Trinajstić information content (AvgIpc) is 3.03. The molecule has 0 spiro atoms. The van der Waals surface area contributed by atoms with Crippen molar-refractivity contribution in [1.82, 2.24) is 24.9 Å². The molecule has 134 valence electrons. The molecule has 0 unspecified atom stereocenters. The molecule has 0 bridgehead atoms. The van der Waals surface area contributed by atoms with Gasteiger partial charge in [0, 0.05) is 17.9 Å². The number of fused-ring (bicyclic) bond motifs is 1. The summed E-state index contributed by atoms with van der Waals surface area (Å²) in [6.07, 6.45) is 6.03. The lowest BCUT2D eigenvalue weighted by Crippen LogP contribution is -2.33. The zero-order valence-electron chi connectivity index (χ0n) is 14.6. The molecule has 1 fully saturated rings. The first kappa shape index (κ1) is 17.3. The van der Waals surface area contributed by atoms with Crippen LogP contribution in [0.15, 0.2) is 6.07 Å². The van der Waals surface area contributed by atoms with E-state index < -0.39 is 5.97 Å². The maximum Gasteiger partial charge on any atom is 0.378 e. The second kappa shape index (κ2) is 7.58. The SMILES string of the molecule is Cc1cc(C)n2nc(C(=O)OCC(=O)NCC3CCCCC3)nc2n1. The third kappa shape index (κ3) is 4.32. The first-order chi connectivity index (χ1) is 12.0. The van der Waals surface area contributed by atoms with Crippen molar-refractivity contribution in [3.63, 3.8) is 0 Å². The van der Waals surface area contributed by atoms with E-state index in [4.69, 9.17) is 4.74 Å². The summed E-state index contributed by atoms with van der Waals surface area (Å²) in [7, 11) is 0. The lowest BCUT2D eigenvalue weighted by molar-refractivity contribution is -0.124. The first-order valence-electron chi connectivity index (χ1n) is 8.68. The largest absolute Gasteiger partial charge is 0.450 e. The number of nitrogens with zero attached hydrogens (tertiary/aromatic N) is 4. The van der Waals surface area contributed by atoms with Gasteiger partial charge >= 0.3 is 5.97 Å². The van der Waals surface area contributed by atoms with E-state index in [0.717, 1.165) is 24.2 Å². The lowest BCUT2D eigenvalue weighted by Gasteiger charge is -2.21. The van der Waals surface area contributed by atoms with Crippen molar-refractivity contribution >= 4 is 17.7 Å². The molecule has 1 N–H and O–H groups in total. The number of esters is 1. The van der Waals surface area contributed by atoms with Crippen LogP contribution >= 0.6 is 0 Å². The molecule has 8 heteroatoms. The van der Waals surface area contributed by atoms with E-state index in [0.29, 0.717) is 18.2 Å². The molecule has 3 rings (SSSR count). The summed E-state index contributed by atoms with van der Waals surface area (Å²) in [5, 5.41) is 6.92. The molecule has 0 aliphatic heterocycles. The number of hydrogen-bond acceptors (Lipinski definition) is 6. The summed E-state index contributed by atoms with van der Waals surface area (Å²) in [6, 6.07) is 1.84. The van der Waals surface area contributed by atoms with Gasteiger partial charge in [0.05, 0.1) is 0 Å². The molecule has 0 atom stereocenters. The summed E-state index contributed by atoms with van der Waals surface area (Å²) in [6.45, 7) is 4.01. The topological polar surface area (TPSA) is 98.5 Å². The Morgan fingerprint density at radius 2 is 2.00 bits per heavy atom. The standard InChI is InChI=1S/C17H23N5O3/c1-11-8-12(2)22-17(19-11)20-15(21-22)16(24)25-10-14(23)18-9-13-6-4-3-5-7-13/h8,13H,3-7,9-10H2,1-2H3,(H,18,23). The van der Waals surface area contributed by atoms with Crippen LogP contribution < -0.4 is 5.32 Å². The Kier molecular flexibility index (Phi) is 5.25. The zero-order valence-corrected chi connectivity index (χ0v) is 14.6. The van der Waals surface area contributed by atoms with E-state index in [1.165, 1.54) is 23.8 Å². The molecule has 25 heavy (non-hydrogen) atoms. The van der Waals surface area contributed by atoms with Gasteiger partial charge in [0.2, 0.25) is 0 Å². The van der Waals surface area contributed by atoms with E-state index in [2.05, 4.69) is 20.4 Å². The number of amides is 1. The number of carbonyl (C=O) groups is 2. The number of aryl methyl sites for hydroxylation is 2. The molecule has 1 aliphatic rings. The van der Waals surface area contributed by atoms with Crippen molar-refractivity contribution in [3.8, 4) is 0 Å². The number of aromatic nitrogens is 4. The smallest absolute Gasteiger partial charge is 0.378 e. The Bertz CT molecular complexity index is 780. The molecule has 2 aromatic rings. The molecule has 1 saturated carbocycles. The van der Waals surface area contributed by atoms with Crippen LogP contribution in [-0.2, 0) is 9.53 Å². The second-order valence-corrected chi connectivity index (χ2v) is 6.57. The quantitative estimate of drug-likeness (QED) is 0.827. The normalized spacial score (nSPS) is 15.3. The third-order valence-corrected chi connectivity index (χ3v) is 4.45. The Hall–Kier alpha value is -2.51. The van der Waals surface area contributed by atoms with Gasteiger partial charge in [-0.2, -0.15) is 4.98 Å². The van der Waals surface area contributed by atoms with E-state index in [1.54, 1.807) is 0 Å². The summed E-state index contributed by atoms with van der Waals surface area (Å²) in [5.74, 6) is -0.249. The minimum atomic E-state index is -0.727. The van der Waals surface area contributed by atoms with Gasteiger partial charge in [0.25, 0.3) is 17.5 Å². The number of hydrogen-bond donors (Lipinski definition) is 1. The predicted octanol–water partition coefficient (Wildman–Crippen LogP) is 1.59. The monoisotopic (exact) mass is 345 g/mol. The minimum absolute atomic E-state index is 0.0960. The maximum atomic E-state index is 12.1. The Morgan fingerprint density at radius 1 is 1.24 bits per heavy atom. The van der Waals surface area contributed by atoms with Crippen LogP contribution in [0.5, 0.6) is 0 Å². The molecule has 1 aliphatic carbocycles. The van der Waals surface area contributed by atoms with Crippen molar-refractivity contribution < 1.29 is 14.3 Å². The number of carbonyl (C=O) groups excluding carboxylic acids is 2. The van der Waals surface area contributed by atoms with Gasteiger partial charge in [-0.1, -0.05) is 19.3 Å². The van der Waals surface area contributed by atoms with Gasteiger partial charge < -0.3 is 10.1 Å². The molecule has 8 nitrogen and oxygen atoms in total. The Morgan fingerprint density at radius 3 is 2.76 bits per heavy atom. The van der Waals surface area contributed by atoms with Crippen LogP contribution in [0, 0.1) is 19.8 Å². The van der Waals surface area contributed by atoms with Crippen LogP contribution in [0.3, 0.4) is 0 Å². The highest BCUT2D eigenvalue weighted by atomic mass is 16.5. The highest BCUT2D eigenvalue weighted by Gasteiger charge is 2.19. The lowest BCUT2D eigenvalue weighted by atomic mass is 9.89. The van der Waals surface area contributed by atoms with Crippen LogP contribution in [0.2, 0.25) is 0 Å². The van der Waals surface area contributed by atoms with Crippen molar-refractivity contribution in [1.29, 1.82) is 0 Å². The average molecular weight is 345 g/mol. The second-order valence-electron chi connectivity index (χ2n) is 6.57. The van der Waals surface area contributed by atoms with Crippen molar-refractivity contribution in [2.24, 2.45) is 5.92 Å². The van der Waals surface area contributed by atoms with Crippen molar-refractivity contribution in [2.75, 3.05) is 13.2 Å². The molecular weight excluding hydrogens is 322 g/mol. The van der Waals surface area contributed by atoms with E-state index in [1.807, 2.05) is 19.9 Å². The zero-order chi connectivity index (χ0) is 17.8. The fourth-order valence-corrected chi connectivity index (χ4v) is 3.15. The van der Waals surface area contributed by atoms with Gasteiger partial charge in [-0.3, -0.25) is 4.79 Å². The minimum Gasteiger partial charge on any atom is -0.450 e. The van der Waals surface area contributed by atoms with Crippen molar-refractivity contribution in [2.45, 2.75) is 46.0 Å². The molecule has 0 aromatic carbocycles. The summed E-state index contributed by atoms with van der Waals surface area (Å²) in [5.41, 5.74) is 1.61. The molecular formula is C17H23N5O3. The molecule has 0 radical (unpaired) electrons. The van der Waals surface area contributed by atoms with Gasteiger partial charge in [-0.05, 0) is 38.7 Å². The van der Waals surface area contributed by atoms with Gasteiger partial charge in [-0.15, -0.1) is 5.10 Å². The first-order valence-corrected chi connectivity index (χ1v) is 8.68. The molecule has 1 amide bonds. The number of nitrogens with one attached hydrogen (secondary N) is 1. The Labute approximate surface area is 146 Å². The number of ether oxygens (including phenoxy) is 1. The Balaban J connectivity index is 1.52. The highest BCUT2D eigenvalue weighted by molar-refractivity contribution is 5.88. The predicted molar refractivity (Wildman–Crippen MR) is 90.1 cm³/mol. The van der Waals surface area contributed by atoms with E-state index >= 15 is 0 Å². The van der Waals surface area contributed by atoms with Crippen LogP contribution in [0.25, 0.3) is 5.78 Å². The van der Waals surface area contributed by atoms with Gasteiger partial charge in [0.15, 0.2) is 6.61 Å². The molecule has 0 saturated heterocycles.